The van der Waals surface area contributed by atoms with E-state index in [1.807, 2.05) is 6.07 Å². The van der Waals surface area contributed by atoms with Crippen molar-refractivity contribution in [2.75, 3.05) is 13.2 Å². The van der Waals surface area contributed by atoms with E-state index in [1.165, 1.54) is 4.88 Å². The van der Waals surface area contributed by atoms with E-state index in [1.54, 1.807) is 11.3 Å². The molecule has 0 saturated carbocycles. The minimum atomic E-state index is -0.136. The molecule has 0 aliphatic carbocycles. The normalized spacial score (nSPS) is 12.4. The lowest BCUT2D eigenvalue weighted by Gasteiger charge is -2.18. The van der Waals surface area contributed by atoms with Crippen molar-refractivity contribution in [2.24, 2.45) is 11.8 Å². The highest BCUT2D eigenvalue weighted by atomic mass is 32.1. The second-order valence-corrected chi connectivity index (χ2v) is 6.96. The van der Waals surface area contributed by atoms with Gasteiger partial charge in [0.1, 0.15) is 0 Å². The Morgan fingerprint density at radius 1 is 1.35 bits per heavy atom. The quantitative estimate of drug-likeness (QED) is 0.691. The van der Waals surface area contributed by atoms with E-state index in [-0.39, 0.29) is 12.6 Å². The summed E-state index contributed by atoms with van der Waals surface area (Å²) in [6.45, 7) is 7.73. The molecule has 3 N–H and O–H groups in total. The maximum absolute atomic E-state index is 11.7. The van der Waals surface area contributed by atoms with Crippen molar-refractivity contribution in [3.63, 3.8) is 0 Å². The first-order chi connectivity index (χ1) is 9.51. The molecule has 20 heavy (non-hydrogen) atoms. The molecule has 0 aliphatic rings. The zero-order chi connectivity index (χ0) is 15.0. The van der Waals surface area contributed by atoms with Crippen LogP contribution in [0.15, 0.2) is 12.1 Å². The van der Waals surface area contributed by atoms with Crippen LogP contribution in [0.4, 0.5) is 4.79 Å². The van der Waals surface area contributed by atoms with Crippen molar-refractivity contribution < 1.29 is 9.90 Å². The second-order valence-electron chi connectivity index (χ2n) is 5.58. The third-order valence-electron chi connectivity index (χ3n) is 3.11. The van der Waals surface area contributed by atoms with Gasteiger partial charge in [0.25, 0.3) is 0 Å². The smallest absolute Gasteiger partial charge is 0.315 e. The van der Waals surface area contributed by atoms with E-state index in [9.17, 15) is 4.79 Å². The average Bonchev–Trinajstić information content (AvgIpc) is 2.79. The zero-order valence-corrected chi connectivity index (χ0v) is 13.4. The zero-order valence-electron chi connectivity index (χ0n) is 12.6. The van der Waals surface area contributed by atoms with E-state index in [2.05, 4.69) is 37.5 Å². The fraction of sp³-hybridized carbons (Fsp3) is 0.667. The van der Waals surface area contributed by atoms with Gasteiger partial charge in [-0.3, -0.25) is 0 Å². The number of thiophene rings is 1. The van der Waals surface area contributed by atoms with Gasteiger partial charge < -0.3 is 15.7 Å². The number of carbonyl (C=O) groups is 1. The molecule has 0 aromatic carbocycles. The van der Waals surface area contributed by atoms with Crippen molar-refractivity contribution in [1.29, 1.82) is 0 Å². The largest absolute Gasteiger partial charge is 0.396 e. The van der Waals surface area contributed by atoms with Gasteiger partial charge in [-0.2, -0.15) is 0 Å². The molecule has 0 aliphatic heterocycles. The van der Waals surface area contributed by atoms with Gasteiger partial charge in [-0.25, -0.2) is 4.79 Å². The van der Waals surface area contributed by atoms with Crippen molar-refractivity contribution in [3.8, 4) is 0 Å². The molecule has 0 radical (unpaired) electrons. The minimum absolute atomic E-state index is 0.136. The molecule has 1 rings (SSSR count). The average molecular weight is 298 g/mol. The number of hydrogen-bond donors (Lipinski definition) is 3. The van der Waals surface area contributed by atoms with Crippen molar-refractivity contribution in [3.05, 3.63) is 21.9 Å². The number of carbonyl (C=O) groups excluding carboxylic acids is 1. The number of rotatable bonds is 8. The van der Waals surface area contributed by atoms with Gasteiger partial charge in [0.05, 0.1) is 6.54 Å². The number of amides is 2. The van der Waals surface area contributed by atoms with Gasteiger partial charge >= 0.3 is 6.03 Å². The monoisotopic (exact) mass is 298 g/mol. The fourth-order valence-corrected chi connectivity index (χ4v) is 3.03. The number of urea groups is 1. The topological polar surface area (TPSA) is 61.4 Å². The van der Waals surface area contributed by atoms with Gasteiger partial charge in [0.15, 0.2) is 0 Å². The van der Waals surface area contributed by atoms with Gasteiger partial charge in [-0.05, 0) is 43.7 Å². The van der Waals surface area contributed by atoms with Gasteiger partial charge in [0, 0.05) is 22.9 Å². The van der Waals surface area contributed by atoms with Crippen LogP contribution in [-0.4, -0.2) is 24.3 Å². The summed E-state index contributed by atoms with van der Waals surface area (Å²) in [6, 6.07) is 3.95. The fourth-order valence-electron chi connectivity index (χ4n) is 2.20. The summed E-state index contributed by atoms with van der Waals surface area (Å²) in [5.41, 5.74) is 0. The number of aliphatic hydroxyl groups is 1. The van der Waals surface area contributed by atoms with Crippen LogP contribution in [0, 0.1) is 18.8 Å². The second kappa shape index (κ2) is 8.97. The summed E-state index contributed by atoms with van der Waals surface area (Å²) < 4.78 is 0. The molecular weight excluding hydrogens is 272 g/mol. The highest BCUT2D eigenvalue weighted by Gasteiger charge is 2.12. The molecule has 0 bridgehead atoms. The molecule has 1 aromatic heterocycles. The number of nitrogens with one attached hydrogen (secondary N) is 2. The van der Waals surface area contributed by atoms with E-state index in [0.29, 0.717) is 24.9 Å². The Kier molecular flexibility index (Phi) is 7.62. The first-order valence-corrected chi connectivity index (χ1v) is 8.00. The third-order valence-corrected chi connectivity index (χ3v) is 4.11. The Labute approximate surface area is 125 Å². The standard InChI is InChI=1S/C15H26N2O2S/c1-11(2)8-13(6-7-18)9-16-15(19)17-10-14-5-4-12(3)20-14/h4-5,11,13,18H,6-10H2,1-3H3,(H2,16,17,19). The molecular formula is C15H26N2O2S. The molecule has 1 atom stereocenters. The lowest BCUT2D eigenvalue weighted by atomic mass is 9.94. The summed E-state index contributed by atoms with van der Waals surface area (Å²) in [4.78, 5) is 14.1. The van der Waals surface area contributed by atoms with E-state index < -0.39 is 0 Å². The minimum Gasteiger partial charge on any atom is -0.396 e. The summed E-state index contributed by atoms with van der Waals surface area (Å²) in [5, 5.41) is 14.8. The third kappa shape index (κ3) is 6.91. The van der Waals surface area contributed by atoms with Crippen molar-refractivity contribution in [1.82, 2.24) is 10.6 Å². The summed E-state index contributed by atoms with van der Waals surface area (Å²) >= 11 is 1.70. The number of hydrogen-bond acceptors (Lipinski definition) is 3. The van der Waals surface area contributed by atoms with E-state index in [0.717, 1.165) is 17.7 Å². The first kappa shape index (κ1) is 17.0. The molecule has 1 aromatic rings. The summed E-state index contributed by atoms with van der Waals surface area (Å²) in [7, 11) is 0. The van der Waals surface area contributed by atoms with Gasteiger partial charge in [-0.1, -0.05) is 13.8 Å². The summed E-state index contributed by atoms with van der Waals surface area (Å²) in [6.07, 6.45) is 1.76. The van der Waals surface area contributed by atoms with Crippen LogP contribution >= 0.6 is 11.3 Å². The van der Waals surface area contributed by atoms with Crippen molar-refractivity contribution >= 4 is 17.4 Å². The molecule has 0 saturated heterocycles. The molecule has 114 valence electrons. The van der Waals surface area contributed by atoms with Crippen molar-refractivity contribution in [2.45, 2.75) is 40.2 Å². The Hall–Kier alpha value is -1.07. The predicted molar refractivity (Wildman–Crippen MR) is 83.9 cm³/mol. The molecule has 1 heterocycles. The highest BCUT2D eigenvalue weighted by Crippen LogP contribution is 2.15. The van der Waals surface area contributed by atoms with Crippen LogP contribution in [0.5, 0.6) is 0 Å². The lowest BCUT2D eigenvalue weighted by molar-refractivity contribution is 0.225. The van der Waals surface area contributed by atoms with Crippen LogP contribution < -0.4 is 10.6 Å². The lowest BCUT2D eigenvalue weighted by Crippen LogP contribution is -2.38. The first-order valence-electron chi connectivity index (χ1n) is 7.19. The number of aryl methyl sites for hydroxylation is 1. The van der Waals surface area contributed by atoms with E-state index >= 15 is 0 Å². The van der Waals surface area contributed by atoms with E-state index in [4.69, 9.17) is 5.11 Å². The van der Waals surface area contributed by atoms with Crippen LogP contribution in [-0.2, 0) is 6.54 Å². The molecule has 0 fully saturated rings. The maximum atomic E-state index is 11.7. The maximum Gasteiger partial charge on any atom is 0.315 e. The molecule has 4 nitrogen and oxygen atoms in total. The molecule has 1 unspecified atom stereocenters. The Morgan fingerprint density at radius 2 is 2.10 bits per heavy atom. The van der Waals surface area contributed by atoms with Crippen LogP contribution in [0.3, 0.4) is 0 Å². The molecule has 2 amide bonds. The van der Waals surface area contributed by atoms with Gasteiger partial charge in [0.2, 0.25) is 0 Å². The Morgan fingerprint density at radius 3 is 2.65 bits per heavy atom. The Bertz CT molecular complexity index is 404. The predicted octanol–water partition coefficient (Wildman–Crippen LogP) is 2.90. The SMILES string of the molecule is Cc1ccc(CNC(=O)NCC(CCO)CC(C)C)s1. The number of aliphatic hydroxyl groups excluding tert-OH is 1. The molecule has 5 heteroatoms. The summed E-state index contributed by atoms with van der Waals surface area (Å²) in [5.74, 6) is 0.917. The molecule has 0 spiro atoms. The van der Waals surface area contributed by atoms with Crippen LogP contribution in [0.25, 0.3) is 0 Å². The van der Waals surface area contributed by atoms with Gasteiger partial charge in [-0.15, -0.1) is 11.3 Å². The Balaban J connectivity index is 2.26. The van der Waals surface area contributed by atoms with Crippen LogP contribution in [0.2, 0.25) is 0 Å². The highest BCUT2D eigenvalue weighted by molar-refractivity contribution is 7.11. The van der Waals surface area contributed by atoms with Crippen LogP contribution in [0.1, 0.15) is 36.4 Å².